The molecule has 3 aromatic rings. The number of nitrogen functional groups attached to an aromatic ring is 1. The average Bonchev–Trinajstić information content (AvgIpc) is 2.65. The second-order valence-electron chi connectivity index (χ2n) is 5.99. The maximum atomic E-state index is 12.2. The van der Waals surface area contributed by atoms with Gasteiger partial charge >= 0.3 is 0 Å². The van der Waals surface area contributed by atoms with Gasteiger partial charge in [0.25, 0.3) is 11.8 Å². The van der Waals surface area contributed by atoms with Crippen molar-refractivity contribution in [1.29, 1.82) is 0 Å². The third kappa shape index (κ3) is 3.48. The van der Waals surface area contributed by atoms with Crippen LogP contribution in [-0.4, -0.2) is 21.9 Å². The summed E-state index contributed by atoms with van der Waals surface area (Å²) in [6.45, 7) is 3.74. The number of benzene rings is 2. The van der Waals surface area contributed by atoms with Gasteiger partial charge in [-0.3, -0.25) is 9.59 Å². The molecule has 3 rings (SSSR count). The number of primary amides is 2. The van der Waals surface area contributed by atoms with Gasteiger partial charge < -0.3 is 22.3 Å². The predicted octanol–water partition coefficient (Wildman–Crippen LogP) is 1.79. The van der Waals surface area contributed by atoms with Crippen LogP contribution in [0.15, 0.2) is 49.0 Å². The Morgan fingerprint density at radius 3 is 2.36 bits per heavy atom. The summed E-state index contributed by atoms with van der Waals surface area (Å²) in [6.07, 6.45) is 0. The van der Waals surface area contributed by atoms with E-state index in [9.17, 15) is 14.7 Å². The molecule has 1 heterocycles. The molecule has 0 spiro atoms. The molecule has 2 amide bonds. The minimum absolute atomic E-state index is 0.0787. The number of phenols is 1. The highest BCUT2D eigenvalue weighted by molar-refractivity contribution is 6.13. The van der Waals surface area contributed by atoms with Crippen molar-refractivity contribution in [1.82, 2.24) is 4.98 Å². The van der Waals surface area contributed by atoms with Gasteiger partial charge in [0.15, 0.2) is 0 Å². The lowest BCUT2D eigenvalue weighted by Crippen LogP contribution is -2.16. The maximum absolute atomic E-state index is 12.2. The number of aromatic nitrogens is 1. The second-order valence-corrected chi connectivity index (χ2v) is 5.99. The molecular weight excluding hydrogens is 356 g/mol. The number of hydrogen-bond donors (Lipinski definition) is 4. The maximum Gasteiger partial charge on any atom is 0.293 e. The largest absolute Gasteiger partial charge is 0.508 e. The van der Waals surface area contributed by atoms with E-state index in [1.165, 1.54) is 0 Å². The van der Waals surface area contributed by atoms with Crippen molar-refractivity contribution in [2.45, 2.75) is 0 Å². The van der Waals surface area contributed by atoms with Gasteiger partial charge in [-0.25, -0.2) is 4.98 Å². The molecule has 0 saturated heterocycles. The van der Waals surface area contributed by atoms with Crippen LogP contribution < -0.4 is 17.2 Å². The molecule has 0 aliphatic heterocycles. The first-order valence-corrected chi connectivity index (χ1v) is 8.11. The monoisotopic (exact) mass is 372 g/mol. The number of aromatic hydroxyl groups is 1. The highest BCUT2D eigenvalue weighted by atomic mass is 16.3. The van der Waals surface area contributed by atoms with Crippen LogP contribution in [0.5, 0.6) is 5.75 Å². The molecule has 0 fully saturated rings. The number of phenolic OH excluding ortho intramolecular Hbond substituents is 1. The topological polar surface area (TPSA) is 145 Å². The van der Waals surface area contributed by atoms with Crippen molar-refractivity contribution in [2.75, 3.05) is 5.73 Å². The number of rotatable bonds is 3. The minimum atomic E-state index is -0.846. The number of pyridine rings is 1. The van der Waals surface area contributed by atoms with Gasteiger partial charge in [0.2, 0.25) is 0 Å². The smallest absolute Gasteiger partial charge is 0.293 e. The van der Waals surface area contributed by atoms with Crippen LogP contribution in [0, 0.1) is 11.8 Å². The Kier molecular flexibility index (Phi) is 4.71. The van der Waals surface area contributed by atoms with Crippen molar-refractivity contribution >= 4 is 34.0 Å². The van der Waals surface area contributed by atoms with Crippen LogP contribution in [0.3, 0.4) is 0 Å². The number of allylic oxidation sites excluding steroid dienone is 1. The van der Waals surface area contributed by atoms with Gasteiger partial charge in [0, 0.05) is 22.3 Å². The summed E-state index contributed by atoms with van der Waals surface area (Å²) in [6, 6.07) is 11.9. The highest BCUT2D eigenvalue weighted by Gasteiger charge is 2.19. The Labute approximate surface area is 160 Å². The van der Waals surface area contributed by atoms with Gasteiger partial charge in [-0.15, -0.1) is 0 Å². The number of anilines is 1. The first kappa shape index (κ1) is 18.5. The van der Waals surface area contributed by atoms with E-state index in [0.717, 1.165) is 11.1 Å². The number of amides is 2. The molecule has 138 valence electrons. The summed E-state index contributed by atoms with van der Waals surface area (Å²) in [4.78, 5) is 27.3. The fourth-order valence-corrected chi connectivity index (χ4v) is 2.87. The van der Waals surface area contributed by atoms with Gasteiger partial charge in [0.1, 0.15) is 11.6 Å². The summed E-state index contributed by atoms with van der Waals surface area (Å²) in [5.41, 5.74) is 18.4. The first-order valence-electron chi connectivity index (χ1n) is 8.11. The van der Waals surface area contributed by atoms with Crippen molar-refractivity contribution in [3.8, 4) is 28.7 Å². The standard InChI is InChI=1S/C21H16N4O3/c1-11(5-8-17(22)27)19-18(21(24)28)16-10-13(6-7-15(16)20(23)25-19)12-3-2-4-14(26)9-12/h2-4,6-7,9-10,26H,1H2,(H2,22,27)(H2,23,25)(H2,24,28). The van der Waals surface area contributed by atoms with Gasteiger partial charge in [-0.1, -0.05) is 36.8 Å². The van der Waals surface area contributed by atoms with Gasteiger partial charge in [0.05, 0.1) is 11.3 Å². The third-order valence-electron chi connectivity index (χ3n) is 4.08. The number of fused-ring (bicyclic) bond motifs is 1. The summed E-state index contributed by atoms with van der Waals surface area (Å²) in [7, 11) is 0. The van der Waals surface area contributed by atoms with E-state index in [0.29, 0.717) is 10.8 Å². The molecule has 7 heteroatoms. The molecule has 7 N–H and O–H groups in total. The van der Waals surface area contributed by atoms with Crippen molar-refractivity contribution < 1.29 is 14.7 Å². The highest BCUT2D eigenvalue weighted by Crippen LogP contribution is 2.33. The van der Waals surface area contributed by atoms with Crippen LogP contribution in [0.25, 0.3) is 27.5 Å². The fraction of sp³-hybridized carbons (Fsp3) is 0. The van der Waals surface area contributed by atoms with E-state index in [4.69, 9.17) is 17.2 Å². The lowest BCUT2D eigenvalue weighted by Gasteiger charge is -2.13. The summed E-state index contributed by atoms with van der Waals surface area (Å²) < 4.78 is 0. The molecule has 0 atom stereocenters. The lowest BCUT2D eigenvalue weighted by molar-refractivity contribution is -0.112. The zero-order valence-corrected chi connectivity index (χ0v) is 14.7. The molecule has 0 aliphatic rings. The molecule has 28 heavy (non-hydrogen) atoms. The molecule has 0 radical (unpaired) electrons. The molecule has 0 unspecified atom stereocenters. The number of hydrogen-bond acceptors (Lipinski definition) is 5. The van der Waals surface area contributed by atoms with Crippen LogP contribution in [0.2, 0.25) is 0 Å². The molecule has 2 aromatic carbocycles. The van der Waals surface area contributed by atoms with E-state index < -0.39 is 11.8 Å². The Morgan fingerprint density at radius 2 is 1.71 bits per heavy atom. The average molecular weight is 372 g/mol. The fourth-order valence-electron chi connectivity index (χ4n) is 2.87. The van der Waals surface area contributed by atoms with Crippen molar-refractivity contribution in [3.63, 3.8) is 0 Å². The SMILES string of the molecule is C=C(C#CC(N)=O)c1nc(N)c2ccc(-c3cccc(O)c3)cc2c1C(N)=O. The van der Waals surface area contributed by atoms with Crippen LogP contribution in [0.1, 0.15) is 16.1 Å². The Balaban J connectivity index is 2.31. The summed E-state index contributed by atoms with van der Waals surface area (Å²) in [5.74, 6) is 3.28. The number of carbonyl (C=O) groups excluding carboxylic acids is 2. The Morgan fingerprint density at radius 1 is 1.00 bits per heavy atom. The van der Waals surface area contributed by atoms with E-state index in [1.807, 2.05) is 6.07 Å². The number of nitrogens with zero attached hydrogens (tertiary/aromatic N) is 1. The molecule has 1 aromatic heterocycles. The summed E-state index contributed by atoms with van der Waals surface area (Å²) >= 11 is 0. The number of nitrogens with two attached hydrogens (primary N) is 3. The normalized spacial score (nSPS) is 10.1. The quantitative estimate of drug-likeness (QED) is 0.518. The molecule has 0 aliphatic carbocycles. The van der Waals surface area contributed by atoms with Crippen molar-refractivity contribution in [2.24, 2.45) is 11.5 Å². The molecule has 7 nitrogen and oxygen atoms in total. The second kappa shape index (κ2) is 7.13. The molecule has 0 saturated carbocycles. The van der Waals surface area contributed by atoms with Gasteiger partial charge in [-0.2, -0.15) is 0 Å². The van der Waals surface area contributed by atoms with Gasteiger partial charge in [-0.05, 0) is 29.3 Å². The van der Waals surface area contributed by atoms with Crippen LogP contribution >= 0.6 is 0 Å². The Hall–Kier alpha value is -4.31. The zero-order valence-electron chi connectivity index (χ0n) is 14.7. The van der Waals surface area contributed by atoms with Crippen molar-refractivity contribution in [3.05, 3.63) is 60.3 Å². The lowest BCUT2D eigenvalue weighted by atomic mass is 9.95. The van der Waals surface area contributed by atoms with Crippen LogP contribution in [-0.2, 0) is 4.79 Å². The minimum Gasteiger partial charge on any atom is -0.508 e. The van der Waals surface area contributed by atoms with E-state index >= 15 is 0 Å². The molecule has 0 bridgehead atoms. The predicted molar refractivity (Wildman–Crippen MR) is 108 cm³/mol. The van der Waals surface area contributed by atoms with E-state index in [2.05, 4.69) is 23.4 Å². The first-order chi connectivity index (χ1) is 13.3. The van der Waals surface area contributed by atoms with E-state index in [1.54, 1.807) is 36.4 Å². The van der Waals surface area contributed by atoms with Crippen LogP contribution in [0.4, 0.5) is 5.82 Å². The third-order valence-corrected chi connectivity index (χ3v) is 4.08. The van der Waals surface area contributed by atoms with E-state index in [-0.39, 0.29) is 28.4 Å². The number of carbonyl (C=O) groups is 2. The zero-order chi connectivity index (χ0) is 20.4. The molecular formula is C21H16N4O3. The summed E-state index contributed by atoms with van der Waals surface area (Å²) in [5, 5.41) is 10.7. The Bertz CT molecular complexity index is 1220.